The summed E-state index contributed by atoms with van der Waals surface area (Å²) in [7, 11) is -3.22. The van der Waals surface area contributed by atoms with Crippen LogP contribution in [0.15, 0.2) is 82.1 Å². The topological polar surface area (TPSA) is 123 Å². The Hall–Kier alpha value is -4.19. The molecule has 0 aliphatic carbocycles. The molecule has 4 aromatic rings. The second kappa shape index (κ2) is 13.0. The summed E-state index contributed by atoms with van der Waals surface area (Å²) in [6.07, 6.45) is 2.88. The first-order valence-corrected chi connectivity index (χ1v) is 17.2. The van der Waals surface area contributed by atoms with E-state index in [9.17, 15) is 23.1 Å². The summed E-state index contributed by atoms with van der Waals surface area (Å²) >= 11 is 0. The normalized spacial score (nSPS) is 17.0. The van der Waals surface area contributed by atoms with E-state index in [4.69, 9.17) is 4.42 Å². The number of amides is 2. The molecule has 3 heterocycles. The van der Waals surface area contributed by atoms with E-state index >= 15 is 0 Å². The van der Waals surface area contributed by atoms with Crippen molar-refractivity contribution in [2.24, 2.45) is 0 Å². The zero-order valence-electron chi connectivity index (χ0n) is 25.3. The van der Waals surface area contributed by atoms with Crippen molar-refractivity contribution in [3.8, 4) is 5.75 Å². The van der Waals surface area contributed by atoms with Gasteiger partial charge in [-0.3, -0.25) is 19.4 Å². The fourth-order valence-electron chi connectivity index (χ4n) is 6.02. The number of nitrogens with zero attached hydrogens (tertiary/aromatic N) is 3. The molecule has 2 aliphatic rings. The van der Waals surface area contributed by atoms with Crippen LogP contribution >= 0.6 is 0 Å². The van der Waals surface area contributed by atoms with Gasteiger partial charge in [0.1, 0.15) is 11.3 Å². The fraction of sp³-hybridized carbons (Fsp3) is 0.353. The molecule has 2 aliphatic heterocycles. The highest BCUT2D eigenvalue weighted by Crippen LogP contribution is 2.23. The van der Waals surface area contributed by atoms with Gasteiger partial charge in [0.2, 0.25) is 0 Å². The number of furan rings is 1. The highest BCUT2D eigenvalue weighted by atomic mass is 32.2. The lowest BCUT2D eigenvalue weighted by atomic mass is 10.0. The van der Waals surface area contributed by atoms with Crippen molar-refractivity contribution in [3.05, 3.63) is 95.2 Å². The van der Waals surface area contributed by atoms with Gasteiger partial charge in [-0.15, -0.1) is 0 Å². The van der Waals surface area contributed by atoms with Crippen LogP contribution < -0.4 is 5.32 Å². The van der Waals surface area contributed by atoms with Gasteiger partial charge in [0.05, 0.1) is 4.90 Å². The van der Waals surface area contributed by atoms with Crippen molar-refractivity contribution in [3.63, 3.8) is 0 Å². The summed E-state index contributed by atoms with van der Waals surface area (Å²) in [5, 5.41) is 13.4. The molecule has 0 radical (unpaired) electrons. The lowest BCUT2D eigenvalue weighted by Crippen LogP contribution is -2.48. The smallest absolute Gasteiger partial charge is 0.287 e. The Kier molecular flexibility index (Phi) is 8.93. The number of carbonyl (C=O) groups is 2. The molecule has 6 rings (SSSR count). The fourth-order valence-corrected chi connectivity index (χ4v) is 6.65. The summed E-state index contributed by atoms with van der Waals surface area (Å²) in [6.45, 7) is 5.81. The summed E-state index contributed by atoms with van der Waals surface area (Å²) in [5.41, 5.74) is 3.20. The Morgan fingerprint density at radius 2 is 1.42 bits per heavy atom. The van der Waals surface area contributed by atoms with Gasteiger partial charge < -0.3 is 19.7 Å². The average Bonchev–Trinajstić information content (AvgIpc) is 3.47. The maximum Gasteiger partial charge on any atom is 0.287 e. The SMILES string of the molecule is CS(=O)(=O)c1ccc(CN2CCN(C(=O)c3ccc4cc(C(=O)NC5CCN(Cc6ccc(O)cc6)CC5)oc4c3)CC2)cc1. The molecule has 236 valence electrons. The minimum atomic E-state index is -3.22. The largest absolute Gasteiger partial charge is 0.508 e. The number of sulfone groups is 1. The van der Waals surface area contributed by atoms with Crippen molar-refractivity contribution in [1.29, 1.82) is 0 Å². The molecule has 0 atom stereocenters. The first-order valence-electron chi connectivity index (χ1n) is 15.3. The number of piperidine rings is 1. The number of aromatic hydroxyl groups is 1. The van der Waals surface area contributed by atoms with Crippen molar-refractivity contribution in [1.82, 2.24) is 20.0 Å². The molecule has 45 heavy (non-hydrogen) atoms. The van der Waals surface area contributed by atoms with E-state index in [-0.39, 0.29) is 29.4 Å². The van der Waals surface area contributed by atoms with Gasteiger partial charge in [-0.2, -0.15) is 0 Å². The van der Waals surface area contributed by atoms with Crippen LogP contribution in [0.1, 0.15) is 44.9 Å². The monoisotopic (exact) mass is 630 g/mol. The van der Waals surface area contributed by atoms with E-state index < -0.39 is 9.84 Å². The van der Waals surface area contributed by atoms with E-state index in [1.807, 2.05) is 35.2 Å². The molecule has 2 saturated heterocycles. The predicted octanol–water partition coefficient (Wildman–Crippen LogP) is 3.89. The molecule has 2 N–H and O–H groups in total. The van der Waals surface area contributed by atoms with Crippen molar-refractivity contribution in [2.45, 2.75) is 36.9 Å². The number of rotatable bonds is 8. The molecule has 10 nitrogen and oxygen atoms in total. The molecule has 11 heteroatoms. The van der Waals surface area contributed by atoms with Crippen molar-refractivity contribution < 1.29 is 27.5 Å². The average molecular weight is 631 g/mol. The number of benzene rings is 3. The van der Waals surface area contributed by atoms with Crippen LogP contribution in [0.4, 0.5) is 0 Å². The van der Waals surface area contributed by atoms with E-state index in [2.05, 4.69) is 15.1 Å². The standard InChI is InChI=1S/C34H38N4O6S/c1-45(42,43)30-10-4-25(5-11-30)23-37-16-18-38(19-17-37)34(41)27-7-6-26-20-32(44-31(26)21-27)33(40)35-28-12-14-36(15-13-28)22-24-2-8-29(39)9-3-24/h2-11,20-21,28,39H,12-19,22-23H2,1H3,(H,35,40). The summed E-state index contributed by atoms with van der Waals surface area (Å²) in [4.78, 5) is 33.1. The number of phenols is 1. The minimum Gasteiger partial charge on any atom is -0.508 e. The second-order valence-corrected chi connectivity index (χ2v) is 14.1. The summed E-state index contributed by atoms with van der Waals surface area (Å²) < 4.78 is 29.3. The van der Waals surface area contributed by atoms with Crippen molar-refractivity contribution in [2.75, 3.05) is 45.5 Å². The number of phenolic OH excluding ortho intramolecular Hbond substituents is 1. The number of carbonyl (C=O) groups excluding carboxylic acids is 2. The Balaban J connectivity index is 0.992. The number of piperazine rings is 1. The molecule has 0 saturated carbocycles. The van der Waals surface area contributed by atoms with Gasteiger partial charge in [-0.05, 0) is 66.4 Å². The van der Waals surface area contributed by atoms with Crippen LogP contribution in [0.5, 0.6) is 5.75 Å². The first-order chi connectivity index (χ1) is 21.6. The van der Waals surface area contributed by atoms with Gasteiger partial charge in [0, 0.05) is 75.6 Å². The number of hydrogen-bond donors (Lipinski definition) is 2. The van der Waals surface area contributed by atoms with Crippen LogP contribution in [0.3, 0.4) is 0 Å². The summed E-state index contributed by atoms with van der Waals surface area (Å²) in [5.74, 6) is 0.172. The van der Waals surface area contributed by atoms with Crippen LogP contribution in [0.25, 0.3) is 11.0 Å². The number of likely N-dealkylation sites (tertiary alicyclic amines) is 1. The lowest BCUT2D eigenvalue weighted by molar-refractivity contribution is 0.0628. The Morgan fingerprint density at radius 3 is 2.04 bits per heavy atom. The molecular formula is C34H38N4O6S. The molecule has 2 amide bonds. The van der Waals surface area contributed by atoms with Gasteiger partial charge >= 0.3 is 0 Å². The Morgan fingerprint density at radius 1 is 0.822 bits per heavy atom. The van der Waals surface area contributed by atoms with Gasteiger partial charge in [0.25, 0.3) is 11.8 Å². The number of fused-ring (bicyclic) bond motifs is 1. The van der Waals surface area contributed by atoms with E-state index in [1.165, 1.54) is 6.26 Å². The molecular weight excluding hydrogens is 592 g/mol. The minimum absolute atomic E-state index is 0.0597. The quantitative estimate of drug-likeness (QED) is 0.301. The lowest BCUT2D eigenvalue weighted by Gasteiger charge is -2.34. The third-order valence-corrected chi connectivity index (χ3v) is 9.80. The molecule has 0 bridgehead atoms. The van der Waals surface area contributed by atoms with E-state index in [0.29, 0.717) is 48.8 Å². The van der Waals surface area contributed by atoms with Crippen molar-refractivity contribution >= 4 is 32.6 Å². The molecule has 3 aromatic carbocycles. The van der Waals surface area contributed by atoms with E-state index in [1.54, 1.807) is 42.5 Å². The second-order valence-electron chi connectivity index (χ2n) is 12.0. The maximum absolute atomic E-state index is 13.3. The van der Waals surface area contributed by atoms with Gasteiger partial charge in [-0.1, -0.05) is 30.3 Å². The molecule has 0 spiro atoms. The predicted molar refractivity (Wildman–Crippen MR) is 171 cm³/mol. The zero-order valence-corrected chi connectivity index (χ0v) is 26.1. The molecule has 0 unspecified atom stereocenters. The first kappa shape index (κ1) is 30.8. The number of nitrogens with one attached hydrogen (secondary N) is 1. The van der Waals surface area contributed by atoms with Crippen LogP contribution in [0.2, 0.25) is 0 Å². The van der Waals surface area contributed by atoms with Crippen LogP contribution in [-0.2, 0) is 22.9 Å². The van der Waals surface area contributed by atoms with Gasteiger partial charge in [-0.25, -0.2) is 8.42 Å². The van der Waals surface area contributed by atoms with Gasteiger partial charge in [0.15, 0.2) is 15.6 Å². The number of hydrogen-bond acceptors (Lipinski definition) is 8. The maximum atomic E-state index is 13.3. The zero-order chi connectivity index (χ0) is 31.6. The highest BCUT2D eigenvalue weighted by Gasteiger charge is 2.25. The molecule has 1 aromatic heterocycles. The third kappa shape index (κ3) is 7.55. The third-order valence-electron chi connectivity index (χ3n) is 8.67. The Labute approximate surface area is 263 Å². The summed E-state index contributed by atoms with van der Waals surface area (Å²) in [6, 6.07) is 21.3. The highest BCUT2D eigenvalue weighted by molar-refractivity contribution is 7.90. The van der Waals surface area contributed by atoms with Crippen LogP contribution in [0, 0.1) is 0 Å². The van der Waals surface area contributed by atoms with E-state index in [0.717, 1.165) is 49.0 Å². The van der Waals surface area contributed by atoms with Crippen LogP contribution in [-0.4, -0.2) is 91.6 Å². The molecule has 2 fully saturated rings. The Bertz CT molecular complexity index is 1770.